The highest BCUT2D eigenvalue weighted by atomic mass is 35.5. The number of hydrogen-bond donors (Lipinski definition) is 2. The number of carbonyl (C=O) groups excluding carboxylic acids is 1. The van der Waals surface area contributed by atoms with E-state index in [0.717, 1.165) is 22.2 Å². The summed E-state index contributed by atoms with van der Waals surface area (Å²) in [5.41, 5.74) is 3.27. The molecule has 0 bridgehead atoms. The van der Waals surface area contributed by atoms with Gasteiger partial charge in [-0.1, -0.05) is 35.3 Å². The zero-order valence-electron chi connectivity index (χ0n) is 14.7. The van der Waals surface area contributed by atoms with E-state index in [-0.39, 0.29) is 5.91 Å². The number of amidine groups is 1. The van der Waals surface area contributed by atoms with Crippen molar-refractivity contribution in [3.05, 3.63) is 69.2 Å². The van der Waals surface area contributed by atoms with Gasteiger partial charge in [0.2, 0.25) is 0 Å². The standard InChI is InChI=1S/C20H14Cl2N4OS/c1-23-15-7-8-24-16-6-5-11(9-12(15)16)10-17-19(27)26-20(28-17)25-18-13(21)3-2-4-14(18)22/h2-10H,1H3,(H,23,24)(H,25,26,27)/b17-10+. The highest BCUT2D eigenvalue weighted by molar-refractivity contribution is 8.18. The van der Waals surface area contributed by atoms with E-state index >= 15 is 0 Å². The summed E-state index contributed by atoms with van der Waals surface area (Å²) in [6, 6.07) is 12.9. The third-order valence-corrected chi connectivity index (χ3v) is 5.68. The molecule has 0 fully saturated rings. The van der Waals surface area contributed by atoms with Crippen LogP contribution in [0.1, 0.15) is 5.56 Å². The van der Waals surface area contributed by atoms with Gasteiger partial charge in [-0.05, 0) is 53.7 Å². The molecule has 2 heterocycles. The summed E-state index contributed by atoms with van der Waals surface area (Å²) in [6.45, 7) is 0. The Bertz CT molecular complexity index is 1140. The Morgan fingerprint density at radius 2 is 1.89 bits per heavy atom. The number of nitrogens with one attached hydrogen (secondary N) is 2. The molecule has 8 heteroatoms. The van der Waals surface area contributed by atoms with E-state index < -0.39 is 0 Å². The average molecular weight is 429 g/mol. The molecule has 28 heavy (non-hydrogen) atoms. The fourth-order valence-corrected chi connectivity index (χ4v) is 4.12. The maximum Gasteiger partial charge on any atom is 0.286 e. The Kier molecular flexibility index (Phi) is 5.26. The quantitative estimate of drug-likeness (QED) is 0.526. The van der Waals surface area contributed by atoms with E-state index in [1.54, 1.807) is 24.4 Å². The van der Waals surface area contributed by atoms with Crippen LogP contribution in [-0.4, -0.2) is 23.1 Å². The van der Waals surface area contributed by atoms with Crippen LogP contribution in [0, 0.1) is 0 Å². The number of carbonyl (C=O) groups is 1. The summed E-state index contributed by atoms with van der Waals surface area (Å²) in [5, 5.41) is 8.53. The molecule has 1 aliphatic heterocycles. The first-order valence-electron chi connectivity index (χ1n) is 8.35. The lowest BCUT2D eigenvalue weighted by molar-refractivity contribution is -0.113. The van der Waals surface area contributed by atoms with Crippen LogP contribution >= 0.6 is 35.0 Å². The largest absolute Gasteiger partial charge is 0.388 e. The van der Waals surface area contributed by atoms with Crippen LogP contribution in [0.4, 0.5) is 11.4 Å². The fourth-order valence-electron chi connectivity index (χ4n) is 2.81. The molecule has 0 saturated carbocycles. The number of aliphatic imine (C=N–C) groups is 1. The number of thioether (sulfide) groups is 1. The summed E-state index contributed by atoms with van der Waals surface area (Å²) < 4.78 is 0. The van der Waals surface area contributed by atoms with E-state index in [9.17, 15) is 4.79 Å². The van der Waals surface area contributed by atoms with Crippen molar-refractivity contribution in [3.63, 3.8) is 0 Å². The van der Waals surface area contributed by atoms with Crippen LogP contribution in [0.3, 0.4) is 0 Å². The highest BCUT2D eigenvalue weighted by Gasteiger charge is 2.23. The van der Waals surface area contributed by atoms with Crippen LogP contribution in [0.5, 0.6) is 0 Å². The smallest absolute Gasteiger partial charge is 0.286 e. The van der Waals surface area contributed by atoms with Crippen LogP contribution in [0.15, 0.2) is 58.6 Å². The molecule has 0 saturated heterocycles. The third kappa shape index (κ3) is 3.71. The zero-order valence-corrected chi connectivity index (χ0v) is 17.0. The van der Waals surface area contributed by atoms with Crippen molar-refractivity contribution in [2.45, 2.75) is 0 Å². The van der Waals surface area contributed by atoms with Crippen LogP contribution in [0.25, 0.3) is 17.0 Å². The molecule has 0 aliphatic carbocycles. The maximum atomic E-state index is 12.3. The van der Waals surface area contributed by atoms with Gasteiger partial charge < -0.3 is 10.6 Å². The Balaban J connectivity index is 1.60. The van der Waals surface area contributed by atoms with Gasteiger partial charge in [0.25, 0.3) is 5.91 Å². The second-order valence-corrected chi connectivity index (χ2v) is 7.78. The molecule has 3 aromatic rings. The Labute approximate surface area is 175 Å². The van der Waals surface area contributed by atoms with E-state index in [4.69, 9.17) is 23.2 Å². The number of aromatic nitrogens is 1. The van der Waals surface area contributed by atoms with Gasteiger partial charge in [0.15, 0.2) is 5.17 Å². The summed E-state index contributed by atoms with van der Waals surface area (Å²) in [6.07, 6.45) is 3.57. The first-order chi connectivity index (χ1) is 13.5. The number of rotatable bonds is 3. The van der Waals surface area contributed by atoms with Gasteiger partial charge in [0.05, 0.1) is 26.2 Å². The number of para-hydroxylation sites is 1. The number of nitrogens with zero attached hydrogens (tertiary/aromatic N) is 2. The topological polar surface area (TPSA) is 66.4 Å². The van der Waals surface area contributed by atoms with Gasteiger partial charge in [-0.2, -0.15) is 4.99 Å². The number of fused-ring (bicyclic) bond motifs is 1. The number of benzene rings is 2. The maximum absolute atomic E-state index is 12.3. The number of pyridine rings is 1. The van der Waals surface area contributed by atoms with Gasteiger partial charge in [-0.3, -0.25) is 9.78 Å². The van der Waals surface area contributed by atoms with Gasteiger partial charge in [-0.25, -0.2) is 0 Å². The number of hydrogen-bond acceptors (Lipinski definition) is 5. The molecule has 1 amide bonds. The van der Waals surface area contributed by atoms with Crippen LogP contribution in [-0.2, 0) is 4.79 Å². The van der Waals surface area contributed by atoms with Crippen molar-refractivity contribution in [3.8, 4) is 0 Å². The lowest BCUT2D eigenvalue weighted by Gasteiger charge is -2.08. The summed E-state index contributed by atoms with van der Waals surface area (Å²) in [5.74, 6) is -0.309. The Morgan fingerprint density at radius 1 is 1.11 bits per heavy atom. The molecule has 1 aliphatic rings. The first-order valence-corrected chi connectivity index (χ1v) is 9.92. The summed E-state index contributed by atoms with van der Waals surface area (Å²) in [7, 11) is 1.86. The second kappa shape index (κ2) is 7.83. The van der Waals surface area contributed by atoms with Crippen molar-refractivity contribution in [1.29, 1.82) is 0 Å². The van der Waals surface area contributed by atoms with E-state index in [2.05, 4.69) is 20.6 Å². The summed E-state index contributed by atoms with van der Waals surface area (Å²) in [4.78, 5) is 21.3. The van der Waals surface area contributed by atoms with Crippen molar-refractivity contribution in [2.24, 2.45) is 4.99 Å². The molecule has 1 aromatic heterocycles. The van der Waals surface area contributed by atoms with E-state index in [0.29, 0.717) is 25.8 Å². The fraction of sp³-hybridized carbons (Fsp3) is 0.0500. The normalized spacial score (nSPS) is 15.2. The predicted molar refractivity (Wildman–Crippen MR) is 119 cm³/mol. The average Bonchev–Trinajstić information content (AvgIpc) is 3.03. The number of amides is 1. The van der Waals surface area contributed by atoms with Gasteiger partial charge in [-0.15, -0.1) is 0 Å². The molecule has 2 N–H and O–H groups in total. The molecule has 0 radical (unpaired) electrons. The third-order valence-electron chi connectivity index (χ3n) is 4.15. The van der Waals surface area contributed by atoms with Crippen molar-refractivity contribution in [2.75, 3.05) is 17.7 Å². The van der Waals surface area contributed by atoms with Gasteiger partial charge >= 0.3 is 0 Å². The Morgan fingerprint density at radius 3 is 2.64 bits per heavy atom. The second-order valence-electron chi connectivity index (χ2n) is 5.94. The molecule has 2 aromatic carbocycles. The molecule has 0 spiro atoms. The lowest BCUT2D eigenvalue weighted by Crippen LogP contribution is -2.05. The molecule has 140 valence electrons. The molecular weight excluding hydrogens is 415 g/mol. The van der Waals surface area contributed by atoms with Gasteiger partial charge in [0.1, 0.15) is 0 Å². The molecule has 5 nitrogen and oxygen atoms in total. The predicted octanol–water partition coefficient (Wildman–Crippen LogP) is 5.67. The Hall–Kier alpha value is -2.54. The zero-order chi connectivity index (χ0) is 19.7. The van der Waals surface area contributed by atoms with Crippen molar-refractivity contribution in [1.82, 2.24) is 4.98 Å². The monoisotopic (exact) mass is 428 g/mol. The number of anilines is 2. The minimum Gasteiger partial charge on any atom is -0.388 e. The molecule has 0 atom stereocenters. The molecular formula is C20H14Cl2N4OS. The minimum atomic E-state index is -0.309. The minimum absolute atomic E-state index is 0.309. The molecule has 0 unspecified atom stereocenters. The SMILES string of the molecule is CNc1ccnc2ccc(/C=C3/SC(Nc4c(Cl)cccc4Cl)=NC3=O)cc12. The highest BCUT2D eigenvalue weighted by Crippen LogP contribution is 2.35. The van der Waals surface area contributed by atoms with Gasteiger partial charge in [0, 0.05) is 24.3 Å². The lowest BCUT2D eigenvalue weighted by atomic mass is 10.1. The van der Waals surface area contributed by atoms with Crippen LogP contribution in [0.2, 0.25) is 10.0 Å². The summed E-state index contributed by atoms with van der Waals surface area (Å²) >= 11 is 13.6. The van der Waals surface area contributed by atoms with E-state index in [1.807, 2.05) is 37.4 Å². The van der Waals surface area contributed by atoms with E-state index in [1.165, 1.54) is 11.8 Å². The van der Waals surface area contributed by atoms with Crippen LogP contribution < -0.4 is 10.6 Å². The van der Waals surface area contributed by atoms with Crippen molar-refractivity contribution >= 4 is 74.4 Å². The molecule has 4 rings (SSSR count). The number of halogens is 2. The first kappa shape index (κ1) is 18.8. The van der Waals surface area contributed by atoms with Crippen molar-refractivity contribution < 1.29 is 4.79 Å².